The van der Waals surface area contributed by atoms with Crippen LogP contribution in [0, 0.1) is 5.92 Å². The van der Waals surface area contributed by atoms with Crippen LogP contribution < -0.4 is 11.1 Å². The molecule has 0 aromatic heterocycles. The molecule has 1 aliphatic rings. The Labute approximate surface area is 127 Å². The fourth-order valence-corrected chi connectivity index (χ4v) is 3.29. The highest BCUT2D eigenvalue weighted by atomic mass is 16.1. The van der Waals surface area contributed by atoms with Gasteiger partial charge in [-0.05, 0) is 38.3 Å². The van der Waals surface area contributed by atoms with Crippen molar-refractivity contribution in [3.63, 3.8) is 0 Å². The van der Waals surface area contributed by atoms with E-state index in [2.05, 4.69) is 24.1 Å². The Morgan fingerprint density at radius 3 is 2.57 bits per heavy atom. The molecule has 1 aromatic carbocycles. The number of nitrogens with one attached hydrogen (secondary N) is 1. The molecule has 0 saturated carbocycles. The molecular weight excluding hydrogens is 262 g/mol. The van der Waals surface area contributed by atoms with Gasteiger partial charge in [0.25, 0.3) is 0 Å². The number of primary amides is 1. The second-order valence-corrected chi connectivity index (χ2v) is 6.35. The zero-order valence-electron chi connectivity index (χ0n) is 13.3. The maximum atomic E-state index is 12.2. The normalized spacial score (nSPS) is 26.2. The van der Waals surface area contributed by atoms with Gasteiger partial charge in [0.05, 0.1) is 0 Å². The number of likely N-dealkylation sites (N-methyl/N-ethyl adjacent to an activating group) is 1. The number of nitrogens with two attached hydrogens (primary N) is 1. The van der Waals surface area contributed by atoms with Gasteiger partial charge in [-0.2, -0.15) is 0 Å². The molecule has 4 nitrogen and oxygen atoms in total. The summed E-state index contributed by atoms with van der Waals surface area (Å²) in [5.41, 5.74) is 5.89. The first kappa shape index (κ1) is 16.0. The van der Waals surface area contributed by atoms with E-state index in [9.17, 15) is 4.79 Å². The number of rotatable bonds is 5. The van der Waals surface area contributed by atoms with E-state index in [0.29, 0.717) is 18.5 Å². The van der Waals surface area contributed by atoms with Crippen LogP contribution in [0.15, 0.2) is 30.3 Å². The van der Waals surface area contributed by atoms with E-state index in [1.165, 1.54) is 12.8 Å². The van der Waals surface area contributed by atoms with Crippen LogP contribution in [-0.2, 0) is 10.3 Å². The number of likely N-dealkylation sites (tertiary alicyclic amines) is 1. The SMILES string of the molecule is CNC(CN1CC(C)CCC1C)(C(N)=O)c1ccccc1. The highest BCUT2D eigenvalue weighted by molar-refractivity contribution is 5.86. The molecule has 116 valence electrons. The lowest BCUT2D eigenvalue weighted by molar-refractivity contribution is -0.126. The minimum atomic E-state index is -0.827. The highest BCUT2D eigenvalue weighted by Gasteiger charge is 2.40. The highest BCUT2D eigenvalue weighted by Crippen LogP contribution is 2.28. The predicted molar refractivity (Wildman–Crippen MR) is 85.8 cm³/mol. The molecule has 2 rings (SSSR count). The van der Waals surface area contributed by atoms with Crippen LogP contribution in [0.3, 0.4) is 0 Å². The summed E-state index contributed by atoms with van der Waals surface area (Å²) in [7, 11) is 1.82. The van der Waals surface area contributed by atoms with Gasteiger partial charge in [0.15, 0.2) is 0 Å². The first-order chi connectivity index (χ1) is 9.99. The van der Waals surface area contributed by atoms with Crippen molar-refractivity contribution in [1.29, 1.82) is 0 Å². The van der Waals surface area contributed by atoms with E-state index in [-0.39, 0.29) is 5.91 Å². The lowest BCUT2D eigenvalue weighted by atomic mass is 9.86. The molecule has 1 amide bonds. The van der Waals surface area contributed by atoms with Crippen molar-refractivity contribution < 1.29 is 4.79 Å². The van der Waals surface area contributed by atoms with Crippen LogP contribution in [0.2, 0.25) is 0 Å². The van der Waals surface area contributed by atoms with Gasteiger partial charge in [-0.3, -0.25) is 9.69 Å². The number of carbonyl (C=O) groups excluding carboxylic acids is 1. The Hall–Kier alpha value is -1.39. The van der Waals surface area contributed by atoms with Crippen molar-refractivity contribution >= 4 is 5.91 Å². The predicted octanol–water partition coefficient (Wildman–Crippen LogP) is 1.71. The Bertz CT molecular complexity index is 476. The quantitative estimate of drug-likeness (QED) is 0.867. The molecule has 4 heteroatoms. The summed E-state index contributed by atoms with van der Waals surface area (Å²) in [6.07, 6.45) is 2.43. The summed E-state index contributed by atoms with van der Waals surface area (Å²) in [5.74, 6) is 0.348. The van der Waals surface area contributed by atoms with E-state index >= 15 is 0 Å². The Morgan fingerprint density at radius 1 is 1.33 bits per heavy atom. The first-order valence-electron chi connectivity index (χ1n) is 7.78. The van der Waals surface area contributed by atoms with Crippen molar-refractivity contribution in [3.8, 4) is 0 Å². The van der Waals surface area contributed by atoms with Gasteiger partial charge >= 0.3 is 0 Å². The van der Waals surface area contributed by atoms with Crippen LogP contribution in [0.4, 0.5) is 0 Å². The second kappa shape index (κ2) is 6.58. The molecule has 0 spiro atoms. The standard InChI is InChI=1S/C17H27N3O/c1-13-9-10-14(2)20(11-13)12-17(19-3,16(18)21)15-7-5-4-6-8-15/h4-8,13-14,19H,9-12H2,1-3H3,(H2,18,21). The van der Waals surface area contributed by atoms with Crippen LogP contribution in [0.25, 0.3) is 0 Å². The first-order valence-corrected chi connectivity index (χ1v) is 7.78. The minimum absolute atomic E-state index is 0.318. The summed E-state index contributed by atoms with van der Waals surface area (Å²) in [5, 5.41) is 3.20. The van der Waals surface area contributed by atoms with Gasteiger partial charge < -0.3 is 11.1 Å². The van der Waals surface area contributed by atoms with Gasteiger partial charge in [-0.25, -0.2) is 0 Å². The van der Waals surface area contributed by atoms with Crippen LogP contribution in [-0.4, -0.2) is 37.0 Å². The van der Waals surface area contributed by atoms with E-state index in [4.69, 9.17) is 5.73 Å². The zero-order chi connectivity index (χ0) is 15.5. The van der Waals surface area contributed by atoms with Crippen molar-refractivity contribution in [2.75, 3.05) is 20.1 Å². The van der Waals surface area contributed by atoms with E-state index < -0.39 is 5.54 Å². The van der Waals surface area contributed by atoms with Gasteiger partial charge in [0.2, 0.25) is 5.91 Å². The molecule has 1 saturated heterocycles. The van der Waals surface area contributed by atoms with E-state index in [0.717, 1.165) is 12.1 Å². The van der Waals surface area contributed by atoms with Gasteiger partial charge in [0.1, 0.15) is 5.54 Å². The number of hydrogen-bond donors (Lipinski definition) is 2. The molecule has 3 unspecified atom stereocenters. The maximum absolute atomic E-state index is 12.2. The Kier molecular flexibility index (Phi) is 5.01. The molecule has 1 fully saturated rings. The third-order valence-corrected chi connectivity index (χ3v) is 4.80. The molecule has 0 radical (unpaired) electrons. The lowest BCUT2D eigenvalue weighted by Gasteiger charge is -2.42. The van der Waals surface area contributed by atoms with E-state index in [1.54, 1.807) is 0 Å². The number of piperidine rings is 1. The van der Waals surface area contributed by atoms with Crippen LogP contribution >= 0.6 is 0 Å². The molecular formula is C17H27N3O. The topological polar surface area (TPSA) is 58.4 Å². The van der Waals surface area contributed by atoms with Gasteiger partial charge in [-0.15, -0.1) is 0 Å². The summed E-state index contributed by atoms with van der Waals surface area (Å²) in [6.45, 7) is 6.14. The summed E-state index contributed by atoms with van der Waals surface area (Å²) < 4.78 is 0. The van der Waals surface area contributed by atoms with Crippen molar-refractivity contribution in [3.05, 3.63) is 35.9 Å². The molecule has 21 heavy (non-hydrogen) atoms. The van der Waals surface area contributed by atoms with Gasteiger partial charge in [-0.1, -0.05) is 37.3 Å². The lowest BCUT2D eigenvalue weighted by Crippen LogP contribution is -2.60. The Balaban J connectivity index is 2.30. The van der Waals surface area contributed by atoms with E-state index in [1.807, 2.05) is 37.4 Å². The van der Waals surface area contributed by atoms with Crippen molar-refractivity contribution in [2.24, 2.45) is 11.7 Å². The zero-order valence-corrected chi connectivity index (χ0v) is 13.3. The third-order valence-electron chi connectivity index (χ3n) is 4.80. The number of hydrogen-bond acceptors (Lipinski definition) is 3. The number of nitrogens with zero attached hydrogens (tertiary/aromatic N) is 1. The molecule has 1 aliphatic heterocycles. The minimum Gasteiger partial charge on any atom is -0.368 e. The average molecular weight is 289 g/mol. The molecule has 3 atom stereocenters. The summed E-state index contributed by atoms with van der Waals surface area (Å²) >= 11 is 0. The molecule has 0 aliphatic carbocycles. The molecule has 3 N–H and O–H groups in total. The van der Waals surface area contributed by atoms with Crippen LogP contribution in [0.1, 0.15) is 32.3 Å². The number of carbonyl (C=O) groups is 1. The summed E-state index contributed by atoms with van der Waals surface area (Å²) in [6, 6.07) is 10.3. The fraction of sp³-hybridized carbons (Fsp3) is 0.588. The largest absolute Gasteiger partial charge is 0.368 e. The molecule has 1 aromatic rings. The van der Waals surface area contributed by atoms with Crippen LogP contribution in [0.5, 0.6) is 0 Å². The van der Waals surface area contributed by atoms with Gasteiger partial charge in [0, 0.05) is 19.1 Å². The summed E-state index contributed by atoms with van der Waals surface area (Å²) in [4.78, 5) is 14.6. The number of amides is 1. The molecule has 1 heterocycles. The molecule has 0 bridgehead atoms. The third kappa shape index (κ3) is 3.27. The Morgan fingerprint density at radius 2 is 2.00 bits per heavy atom. The maximum Gasteiger partial charge on any atom is 0.243 e. The smallest absolute Gasteiger partial charge is 0.243 e. The second-order valence-electron chi connectivity index (χ2n) is 6.35. The van der Waals surface area contributed by atoms with Crippen molar-refractivity contribution in [2.45, 2.75) is 38.3 Å². The monoisotopic (exact) mass is 289 g/mol. The fourth-order valence-electron chi connectivity index (χ4n) is 3.29. The van der Waals surface area contributed by atoms with Crippen molar-refractivity contribution in [1.82, 2.24) is 10.2 Å². The average Bonchev–Trinajstić information content (AvgIpc) is 2.49. The number of benzene rings is 1.